The van der Waals surface area contributed by atoms with E-state index < -0.39 is 0 Å². The Kier molecular flexibility index (Phi) is 5.74. The van der Waals surface area contributed by atoms with Crippen molar-refractivity contribution in [1.82, 2.24) is 10.2 Å². The lowest BCUT2D eigenvalue weighted by Gasteiger charge is -2.37. The third-order valence-corrected chi connectivity index (χ3v) is 5.21. The third-order valence-electron chi connectivity index (χ3n) is 4.17. The van der Waals surface area contributed by atoms with Gasteiger partial charge in [-0.2, -0.15) is 11.8 Å². The molecular weight excluding hydrogens is 252 g/mol. The second-order valence-corrected chi connectivity index (χ2v) is 6.54. The van der Waals surface area contributed by atoms with Crippen LogP contribution in [0.3, 0.4) is 0 Å². The van der Waals surface area contributed by atoms with Gasteiger partial charge in [0.05, 0.1) is 0 Å². The van der Waals surface area contributed by atoms with Crippen LogP contribution in [0.4, 0.5) is 0 Å². The van der Waals surface area contributed by atoms with Crippen LogP contribution in [0.25, 0.3) is 0 Å². The maximum absolute atomic E-state index is 3.52. The first-order valence-corrected chi connectivity index (χ1v) is 8.43. The standard InChI is InChI=1S/C16H26N2S/c1-4-13-5-7-14(8-6-13)11-15(17-2)16-12-19-10-9-18(16)3/h5-8,15-17H,4,9-12H2,1-3H3. The van der Waals surface area contributed by atoms with Gasteiger partial charge >= 0.3 is 0 Å². The van der Waals surface area contributed by atoms with E-state index in [0.29, 0.717) is 12.1 Å². The minimum atomic E-state index is 0.547. The number of benzene rings is 1. The van der Waals surface area contributed by atoms with Gasteiger partial charge < -0.3 is 10.2 Å². The van der Waals surface area contributed by atoms with Crippen molar-refractivity contribution in [2.75, 3.05) is 32.1 Å². The van der Waals surface area contributed by atoms with Gasteiger partial charge in [0.15, 0.2) is 0 Å². The predicted molar refractivity (Wildman–Crippen MR) is 86.1 cm³/mol. The molecule has 1 aliphatic heterocycles. The smallest absolute Gasteiger partial charge is 0.0340 e. The van der Waals surface area contributed by atoms with Crippen molar-refractivity contribution < 1.29 is 0 Å². The fraction of sp³-hybridized carbons (Fsp3) is 0.625. The van der Waals surface area contributed by atoms with Crippen molar-refractivity contribution in [3.05, 3.63) is 35.4 Å². The number of thioether (sulfide) groups is 1. The highest BCUT2D eigenvalue weighted by Crippen LogP contribution is 2.19. The number of nitrogens with zero attached hydrogens (tertiary/aromatic N) is 1. The summed E-state index contributed by atoms with van der Waals surface area (Å²) in [6.07, 6.45) is 2.24. The van der Waals surface area contributed by atoms with E-state index in [1.165, 1.54) is 29.2 Å². The van der Waals surface area contributed by atoms with Gasteiger partial charge in [-0.25, -0.2) is 0 Å². The zero-order chi connectivity index (χ0) is 13.7. The summed E-state index contributed by atoms with van der Waals surface area (Å²) >= 11 is 2.09. The molecule has 1 aromatic carbocycles. The monoisotopic (exact) mass is 278 g/mol. The van der Waals surface area contributed by atoms with Crippen LogP contribution < -0.4 is 5.32 Å². The molecule has 2 atom stereocenters. The number of hydrogen-bond donors (Lipinski definition) is 1. The van der Waals surface area contributed by atoms with E-state index in [9.17, 15) is 0 Å². The molecule has 1 fully saturated rings. The summed E-state index contributed by atoms with van der Waals surface area (Å²) in [5.41, 5.74) is 2.87. The maximum atomic E-state index is 3.52. The second kappa shape index (κ2) is 7.32. The SMILES string of the molecule is CCc1ccc(CC(NC)C2CSCCN2C)cc1. The molecular formula is C16H26N2S. The molecule has 0 amide bonds. The van der Waals surface area contributed by atoms with E-state index in [2.05, 4.69) is 67.3 Å². The number of nitrogens with one attached hydrogen (secondary N) is 1. The average Bonchev–Trinajstić information content (AvgIpc) is 2.46. The number of hydrogen-bond acceptors (Lipinski definition) is 3. The zero-order valence-corrected chi connectivity index (χ0v) is 13.2. The Morgan fingerprint density at radius 1 is 1.32 bits per heavy atom. The van der Waals surface area contributed by atoms with E-state index >= 15 is 0 Å². The number of likely N-dealkylation sites (N-methyl/N-ethyl adjacent to an activating group) is 2. The molecule has 1 N–H and O–H groups in total. The molecule has 1 aliphatic rings. The van der Waals surface area contributed by atoms with Crippen LogP contribution in [0.2, 0.25) is 0 Å². The minimum Gasteiger partial charge on any atom is -0.315 e. The average molecular weight is 278 g/mol. The van der Waals surface area contributed by atoms with Crippen molar-refractivity contribution in [3.8, 4) is 0 Å². The number of aryl methyl sites for hydroxylation is 1. The minimum absolute atomic E-state index is 0.547. The Morgan fingerprint density at radius 2 is 2.00 bits per heavy atom. The summed E-state index contributed by atoms with van der Waals surface area (Å²) in [6.45, 7) is 3.42. The van der Waals surface area contributed by atoms with E-state index in [1.807, 2.05) is 0 Å². The Labute approximate surface area is 122 Å². The van der Waals surface area contributed by atoms with Crippen LogP contribution in [0.15, 0.2) is 24.3 Å². The summed E-state index contributed by atoms with van der Waals surface area (Å²) < 4.78 is 0. The molecule has 3 heteroatoms. The fourth-order valence-electron chi connectivity index (χ4n) is 2.72. The summed E-state index contributed by atoms with van der Waals surface area (Å²) in [5, 5.41) is 3.52. The Morgan fingerprint density at radius 3 is 2.58 bits per heavy atom. The Balaban J connectivity index is 2.00. The summed E-state index contributed by atoms with van der Waals surface area (Å²) in [4.78, 5) is 2.51. The highest BCUT2D eigenvalue weighted by atomic mass is 32.2. The van der Waals surface area contributed by atoms with Crippen molar-refractivity contribution in [2.45, 2.75) is 31.8 Å². The normalized spacial score (nSPS) is 22.4. The lowest BCUT2D eigenvalue weighted by Crippen LogP contribution is -2.52. The van der Waals surface area contributed by atoms with Crippen LogP contribution in [-0.2, 0) is 12.8 Å². The quantitative estimate of drug-likeness (QED) is 0.890. The van der Waals surface area contributed by atoms with Gasteiger partial charge in [-0.05, 0) is 38.1 Å². The highest BCUT2D eigenvalue weighted by Gasteiger charge is 2.26. The van der Waals surface area contributed by atoms with Gasteiger partial charge in [0.1, 0.15) is 0 Å². The molecule has 2 nitrogen and oxygen atoms in total. The summed E-state index contributed by atoms with van der Waals surface area (Å²) in [6, 6.07) is 10.3. The van der Waals surface area contributed by atoms with Crippen molar-refractivity contribution in [1.29, 1.82) is 0 Å². The zero-order valence-electron chi connectivity index (χ0n) is 12.4. The van der Waals surface area contributed by atoms with Gasteiger partial charge in [0.25, 0.3) is 0 Å². The highest BCUT2D eigenvalue weighted by molar-refractivity contribution is 7.99. The topological polar surface area (TPSA) is 15.3 Å². The van der Waals surface area contributed by atoms with Crippen LogP contribution in [-0.4, -0.2) is 49.1 Å². The van der Waals surface area contributed by atoms with Crippen molar-refractivity contribution in [3.63, 3.8) is 0 Å². The van der Waals surface area contributed by atoms with Crippen molar-refractivity contribution >= 4 is 11.8 Å². The first kappa shape index (κ1) is 14.9. The molecule has 1 aromatic rings. The molecule has 0 radical (unpaired) electrons. The van der Waals surface area contributed by atoms with E-state index in [1.54, 1.807) is 0 Å². The molecule has 106 valence electrons. The van der Waals surface area contributed by atoms with Gasteiger partial charge in [-0.15, -0.1) is 0 Å². The Hall–Kier alpha value is -0.510. The fourth-order valence-corrected chi connectivity index (χ4v) is 4.04. The molecule has 1 saturated heterocycles. The first-order valence-electron chi connectivity index (χ1n) is 7.27. The predicted octanol–water partition coefficient (Wildman–Crippen LogP) is 2.43. The molecule has 19 heavy (non-hydrogen) atoms. The largest absolute Gasteiger partial charge is 0.315 e. The van der Waals surface area contributed by atoms with Gasteiger partial charge in [-0.3, -0.25) is 0 Å². The van der Waals surface area contributed by atoms with Crippen LogP contribution in [0, 0.1) is 0 Å². The molecule has 1 heterocycles. The van der Waals surface area contributed by atoms with Gasteiger partial charge in [0, 0.05) is 30.1 Å². The maximum Gasteiger partial charge on any atom is 0.0340 e. The molecule has 2 unspecified atom stereocenters. The molecule has 0 aromatic heterocycles. The van der Waals surface area contributed by atoms with E-state index in [0.717, 1.165) is 12.8 Å². The molecule has 2 rings (SSSR count). The van der Waals surface area contributed by atoms with Gasteiger partial charge in [-0.1, -0.05) is 31.2 Å². The van der Waals surface area contributed by atoms with E-state index in [4.69, 9.17) is 0 Å². The molecule has 0 bridgehead atoms. The van der Waals surface area contributed by atoms with E-state index in [-0.39, 0.29) is 0 Å². The van der Waals surface area contributed by atoms with Crippen LogP contribution >= 0.6 is 11.8 Å². The number of rotatable bonds is 5. The van der Waals surface area contributed by atoms with Gasteiger partial charge in [0.2, 0.25) is 0 Å². The van der Waals surface area contributed by atoms with Crippen LogP contribution in [0.1, 0.15) is 18.1 Å². The van der Waals surface area contributed by atoms with Crippen molar-refractivity contribution in [2.24, 2.45) is 0 Å². The molecule has 0 spiro atoms. The Bertz CT molecular complexity index is 377. The lowest BCUT2D eigenvalue weighted by molar-refractivity contribution is 0.219. The third kappa shape index (κ3) is 3.98. The lowest BCUT2D eigenvalue weighted by atomic mass is 9.98. The summed E-state index contributed by atoms with van der Waals surface area (Å²) in [7, 11) is 4.35. The molecule has 0 aliphatic carbocycles. The summed E-state index contributed by atoms with van der Waals surface area (Å²) in [5.74, 6) is 2.52. The van der Waals surface area contributed by atoms with Crippen LogP contribution in [0.5, 0.6) is 0 Å². The second-order valence-electron chi connectivity index (χ2n) is 5.39. The first-order chi connectivity index (χ1) is 9.24. The molecule has 0 saturated carbocycles.